The number of aromatic carboxylic acids is 1. The van der Waals surface area contributed by atoms with E-state index >= 15 is 0 Å². The Labute approximate surface area is 140 Å². The van der Waals surface area contributed by atoms with Crippen LogP contribution in [0.3, 0.4) is 0 Å². The van der Waals surface area contributed by atoms with E-state index in [1.54, 1.807) is 0 Å². The quantitative estimate of drug-likeness (QED) is 0.868. The summed E-state index contributed by atoms with van der Waals surface area (Å²) in [5.74, 6) is -1.17. The zero-order chi connectivity index (χ0) is 17.5. The highest BCUT2D eigenvalue weighted by molar-refractivity contribution is 7.90. The molecule has 5 nitrogen and oxygen atoms in total. The van der Waals surface area contributed by atoms with Crippen molar-refractivity contribution in [2.24, 2.45) is 0 Å². The van der Waals surface area contributed by atoms with Crippen LogP contribution in [0.4, 0.5) is 0 Å². The van der Waals surface area contributed by atoms with Crippen LogP contribution >= 0.6 is 0 Å². The Morgan fingerprint density at radius 2 is 1.75 bits per heavy atom. The molecule has 24 heavy (non-hydrogen) atoms. The number of sulfone groups is 1. The van der Waals surface area contributed by atoms with Crippen molar-refractivity contribution in [3.63, 3.8) is 0 Å². The molecule has 2 aromatic carbocycles. The molecule has 0 heterocycles. The smallest absolute Gasteiger partial charge is 0.335 e. The number of carboxylic acid groups (broad SMARTS) is 1. The second-order valence-electron chi connectivity index (χ2n) is 6.30. The molecule has 2 N–H and O–H groups in total. The molecule has 1 aliphatic rings. The number of benzene rings is 2. The molecule has 2 aromatic rings. The molecule has 0 radical (unpaired) electrons. The average Bonchev–Trinajstić information content (AvgIpc) is 3.35. The van der Waals surface area contributed by atoms with Gasteiger partial charge in [-0.05, 0) is 36.1 Å². The predicted octanol–water partition coefficient (Wildman–Crippen LogP) is 2.48. The number of aliphatic hydroxyl groups is 1. The van der Waals surface area contributed by atoms with E-state index in [1.165, 1.54) is 18.2 Å². The topological polar surface area (TPSA) is 91.7 Å². The van der Waals surface area contributed by atoms with Gasteiger partial charge in [0.2, 0.25) is 0 Å². The van der Waals surface area contributed by atoms with E-state index in [0.717, 1.165) is 24.7 Å². The molecule has 1 aliphatic carbocycles. The zero-order valence-electron chi connectivity index (χ0n) is 13.2. The Hall–Kier alpha value is -2.18. The fraction of sp³-hybridized carbons (Fsp3) is 0.278. The summed E-state index contributed by atoms with van der Waals surface area (Å²) in [5, 5.41) is 18.6. The fourth-order valence-electron chi connectivity index (χ4n) is 2.89. The molecular weight excluding hydrogens is 328 g/mol. The first-order chi connectivity index (χ1) is 11.3. The molecule has 0 amide bonds. The number of carbonyl (C=O) groups is 1. The Balaban J connectivity index is 2.07. The predicted molar refractivity (Wildman–Crippen MR) is 89.9 cm³/mol. The summed E-state index contributed by atoms with van der Waals surface area (Å²) < 4.78 is 24.1. The minimum Gasteiger partial charge on any atom is -0.478 e. The molecule has 6 heteroatoms. The third-order valence-corrected chi connectivity index (χ3v) is 5.73. The fourth-order valence-corrected chi connectivity index (χ4v) is 3.82. The van der Waals surface area contributed by atoms with E-state index in [0.29, 0.717) is 11.1 Å². The molecule has 0 unspecified atom stereocenters. The maximum atomic E-state index is 12.1. The average molecular weight is 346 g/mol. The summed E-state index contributed by atoms with van der Waals surface area (Å²) in [4.78, 5) is 11.1. The van der Waals surface area contributed by atoms with Gasteiger partial charge in [-0.1, -0.05) is 30.3 Å². The van der Waals surface area contributed by atoms with Crippen molar-refractivity contribution in [1.29, 1.82) is 0 Å². The van der Waals surface area contributed by atoms with Crippen LogP contribution in [-0.2, 0) is 15.3 Å². The molecule has 0 atom stereocenters. The second-order valence-corrected chi connectivity index (χ2v) is 8.29. The van der Waals surface area contributed by atoms with Crippen LogP contribution < -0.4 is 0 Å². The summed E-state index contributed by atoms with van der Waals surface area (Å²) in [6.07, 6.45) is 2.96. The third kappa shape index (κ3) is 2.95. The van der Waals surface area contributed by atoms with Crippen LogP contribution in [0.15, 0.2) is 47.4 Å². The SMILES string of the molecule is CS(=O)(=O)c1cc(C(=O)O)ccc1-c1ccc(C2(CO)CC2)cc1. The van der Waals surface area contributed by atoms with Gasteiger partial charge in [-0.3, -0.25) is 0 Å². The van der Waals surface area contributed by atoms with Crippen LogP contribution in [-0.4, -0.2) is 37.5 Å². The second kappa shape index (κ2) is 5.72. The third-order valence-electron chi connectivity index (χ3n) is 4.59. The Bertz CT molecular complexity index is 894. The van der Waals surface area contributed by atoms with E-state index in [2.05, 4.69) is 0 Å². The first kappa shape index (κ1) is 16.7. The number of carboxylic acids is 1. The molecule has 3 rings (SSSR count). The molecule has 0 aromatic heterocycles. The summed E-state index contributed by atoms with van der Waals surface area (Å²) in [6, 6.07) is 11.5. The molecule has 1 saturated carbocycles. The van der Waals surface area contributed by atoms with Gasteiger partial charge >= 0.3 is 5.97 Å². The van der Waals surface area contributed by atoms with E-state index < -0.39 is 15.8 Å². The van der Waals surface area contributed by atoms with Crippen LogP contribution in [0.25, 0.3) is 11.1 Å². The molecule has 0 spiro atoms. The first-order valence-electron chi connectivity index (χ1n) is 7.56. The van der Waals surface area contributed by atoms with E-state index in [9.17, 15) is 18.3 Å². The van der Waals surface area contributed by atoms with Crippen LogP contribution in [0.5, 0.6) is 0 Å². The van der Waals surface area contributed by atoms with E-state index in [1.807, 2.05) is 24.3 Å². The van der Waals surface area contributed by atoms with Gasteiger partial charge in [0, 0.05) is 17.2 Å². The number of rotatable bonds is 5. The molecule has 0 aliphatic heterocycles. The Morgan fingerprint density at radius 1 is 1.12 bits per heavy atom. The van der Waals surface area contributed by atoms with Gasteiger partial charge in [-0.25, -0.2) is 13.2 Å². The molecule has 126 valence electrons. The number of hydrogen-bond acceptors (Lipinski definition) is 4. The van der Waals surface area contributed by atoms with Crippen molar-refractivity contribution in [2.75, 3.05) is 12.9 Å². The van der Waals surface area contributed by atoms with Gasteiger partial charge in [0.1, 0.15) is 0 Å². The maximum absolute atomic E-state index is 12.1. The van der Waals surface area contributed by atoms with Gasteiger partial charge in [0.05, 0.1) is 17.1 Å². The summed E-state index contributed by atoms with van der Waals surface area (Å²) in [6.45, 7) is 0.105. The van der Waals surface area contributed by atoms with Crippen molar-refractivity contribution >= 4 is 15.8 Å². The van der Waals surface area contributed by atoms with Crippen molar-refractivity contribution in [2.45, 2.75) is 23.2 Å². The lowest BCUT2D eigenvalue weighted by atomic mass is 9.94. The maximum Gasteiger partial charge on any atom is 0.335 e. The number of aliphatic hydroxyl groups excluding tert-OH is 1. The van der Waals surface area contributed by atoms with Crippen molar-refractivity contribution in [3.8, 4) is 11.1 Å². The van der Waals surface area contributed by atoms with Gasteiger partial charge in [0.25, 0.3) is 0 Å². The monoisotopic (exact) mass is 346 g/mol. The van der Waals surface area contributed by atoms with Crippen LogP contribution in [0.1, 0.15) is 28.8 Å². The molecule has 0 bridgehead atoms. The molecular formula is C18H18O5S. The molecule has 0 saturated heterocycles. The largest absolute Gasteiger partial charge is 0.478 e. The minimum atomic E-state index is -3.57. The van der Waals surface area contributed by atoms with Crippen molar-refractivity contribution in [3.05, 3.63) is 53.6 Å². The van der Waals surface area contributed by atoms with Crippen molar-refractivity contribution < 1.29 is 23.4 Å². The van der Waals surface area contributed by atoms with Gasteiger partial charge in [0.15, 0.2) is 9.84 Å². The summed E-state index contributed by atoms with van der Waals surface area (Å²) in [5.41, 5.74) is 2.00. The van der Waals surface area contributed by atoms with Crippen molar-refractivity contribution in [1.82, 2.24) is 0 Å². The highest BCUT2D eigenvalue weighted by Gasteiger charge is 2.43. The highest BCUT2D eigenvalue weighted by atomic mass is 32.2. The van der Waals surface area contributed by atoms with E-state index in [4.69, 9.17) is 5.11 Å². The summed E-state index contributed by atoms with van der Waals surface area (Å²) in [7, 11) is -3.57. The lowest BCUT2D eigenvalue weighted by Crippen LogP contribution is -2.11. The Kier molecular flexibility index (Phi) is 3.97. The van der Waals surface area contributed by atoms with Gasteiger partial charge in [-0.2, -0.15) is 0 Å². The van der Waals surface area contributed by atoms with Crippen LogP contribution in [0, 0.1) is 0 Å². The van der Waals surface area contributed by atoms with Gasteiger partial charge in [-0.15, -0.1) is 0 Å². The summed E-state index contributed by atoms with van der Waals surface area (Å²) >= 11 is 0. The minimum absolute atomic E-state index is 0.00144. The normalized spacial score (nSPS) is 15.9. The lowest BCUT2D eigenvalue weighted by molar-refractivity contribution is 0.0696. The number of hydrogen-bond donors (Lipinski definition) is 2. The highest BCUT2D eigenvalue weighted by Crippen LogP contribution is 2.48. The van der Waals surface area contributed by atoms with E-state index in [-0.39, 0.29) is 22.5 Å². The van der Waals surface area contributed by atoms with Crippen LogP contribution in [0.2, 0.25) is 0 Å². The first-order valence-corrected chi connectivity index (χ1v) is 9.45. The zero-order valence-corrected chi connectivity index (χ0v) is 14.0. The Morgan fingerprint density at radius 3 is 2.21 bits per heavy atom. The van der Waals surface area contributed by atoms with Gasteiger partial charge < -0.3 is 10.2 Å². The molecule has 1 fully saturated rings. The lowest BCUT2D eigenvalue weighted by Gasteiger charge is -2.14. The standard InChI is InChI=1S/C18H18O5S/c1-24(22,23)16-10-13(17(20)21)4-7-15(16)12-2-5-14(6-3-12)18(11-19)8-9-18/h2-7,10,19H,8-9,11H2,1H3,(H,20,21).